The number of allylic oxidation sites excluding steroid dienone is 1. The number of fused-ring (bicyclic) bond motifs is 1. The molecular weight excluding hydrogens is 384 g/mol. The van der Waals surface area contributed by atoms with Crippen molar-refractivity contribution in [2.24, 2.45) is 0 Å². The van der Waals surface area contributed by atoms with E-state index in [1.165, 1.54) is 6.08 Å². The molecular formula is C24H18O6. The molecule has 0 spiro atoms. The standard InChI is InChI=1S/C24H18O6/c1-27-19-10-5-17(6-11-19)21(25)12-4-16-2-8-20(9-3-16)30-24(26)18-7-13-22-23(14-18)29-15-28-22/h2-14H,15H2,1H3. The van der Waals surface area contributed by atoms with Gasteiger partial charge in [0, 0.05) is 5.56 Å². The number of carbonyl (C=O) groups is 2. The summed E-state index contributed by atoms with van der Waals surface area (Å²) in [6.07, 6.45) is 3.20. The Morgan fingerprint density at radius 2 is 1.50 bits per heavy atom. The first kappa shape index (κ1) is 19.3. The van der Waals surface area contributed by atoms with E-state index < -0.39 is 5.97 Å². The van der Waals surface area contributed by atoms with Gasteiger partial charge in [-0.1, -0.05) is 18.2 Å². The van der Waals surface area contributed by atoms with Gasteiger partial charge in [-0.3, -0.25) is 4.79 Å². The monoisotopic (exact) mass is 402 g/mol. The van der Waals surface area contributed by atoms with Gasteiger partial charge in [0.1, 0.15) is 11.5 Å². The van der Waals surface area contributed by atoms with Crippen molar-refractivity contribution in [3.8, 4) is 23.0 Å². The first-order chi connectivity index (χ1) is 14.6. The quantitative estimate of drug-likeness (QED) is 0.261. The molecule has 0 aliphatic carbocycles. The highest BCUT2D eigenvalue weighted by Crippen LogP contribution is 2.32. The summed E-state index contributed by atoms with van der Waals surface area (Å²) >= 11 is 0. The Kier molecular flexibility index (Phi) is 5.48. The molecule has 6 nitrogen and oxygen atoms in total. The van der Waals surface area contributed by atoms with Crippen LogP contribution in [0.3, 0.4) is 0 Å². The second-order valence-corrected chi connectivity index (χ2v) is 6.45. The third-order valence-corrected chi connectivity index (χ3v) is 4.50. The van der Waals surface area contributed by atoms with Gasteiger partial charge in [-0.2, -0.15) is 0 Å². The zero-order valence-electron chi connectivity index (χ0n) is 16.2. The Balaban J connectivity index is 1.38. The Labute approximate surface area is 173 Å². The number of ketones is 1. The smallest absolute Gasteiger partial charge is 0.343 e. The summed E-state index contributed by atoms with van der Waals surface area (Å²) in [7, 11) is 1.58. The maximum Gasteiger partial charge on any atom is 0.343 e. The fourth-order valence-electron chi connectivity index (χ4n) is 2.86. The average molecular weight is 402 g/mol. The molecule has 0 aromatic heterocycles. The largest absolute Gasteiger partial charge is 0.497 e. The summed E-state index contributed by atoms with van der Waals surface area (Å²) in [6.45, 7) is 0.143. The van der Waals surface area contributed by atoms with E-state index in [9.17, 15) is 9.59 Å². The third-order valence-electron chi connectivity index (χ3n) is 4.50. The predicted octanol–water partition coefficient (Wildman–Crippen LogP) is 4.54. The van der Waals surface area contributed by atoms with Gasteiger partial charge in [0.05, 0.1) is 12.7 Å². The SMILES string of the molecule is COc1ccc(C(=O)C=Cc2ccc(OC(=O)c3ccc4c(c3)OCO4)cc2)cc1. The normalized spacial score (nSPS) is 12.0. The van der Waals surface area contributed by atoms with E-state index in [0.29, 0.717) is 34.1 Å². The maximum absolute atomic E-state index is 12.3. The number of esters is 1. The van der Waals surface area contributed by atoms with Crippen molar-refractivity contribution >= 4 is 17.8 Å². The van der Waals surface area contributed by atoms with Gasteiger partial charge in [-0.05, 0) is 66.2 Å². The number of hydrogen-bond donors (Lipinski definition) is 0. The van der Waals surface area contributed by atoms with Gasteiger partial charge >= 0.3 is 5.97 Å². The Hall–Kier alpha value is -4.06. The number of ether oxygens (including phenoxy) is 4. The van der Waals surface area contributed by atoms with Crippen molar-refractivity contribution < 1.29 is 28.5 Å². The summed E-state index contributed by atoms with van der Waals surface area (Å²) in [5.74, 6) is 1.61. The van der Waals surface area contributed by atoms with E-state index in [1.54, 1.807) is 79.9 Å². The first-order valence-electron chi connectivity index (χ1n) is 9.21. The van der Waals surface area contributed by atoms with Crippen molar-refractivity contribution in [2.45, 2.75) is 0 Å². The number of carbonyl (C=O) groups excluding carboxylic acids is 2. The minimum atomic E-state index is -0.494. The van der Waals surface area contributed by atoms with E-state index in [0.717, 1.165) is 5.56 Å². The number of methoxy groups -OCH3 is 1. The molecule has 0 saturated carbocycles. The minimum Gasteiger partial charge on any atom is -0.497 e. The van der Waals surface area contributed by atoms with Crippen molar-refractivity contribution in [3.05, 3.63) is 89.5 Å². The second kappa shape index (κ2) is 8.53. The van der Waals surface area contributed by atoms with Crippen LogP contribution in [0.5, 0.6) is 23.0 Å². The fraction of sp³-hybridized carbons (Fsp3) is 0.0833. The lowest BCUT2D eigenvalue weighted by molar-refractivity contribution is 0.0734. The molecule has 0 fully saturated rings. The van der Waals surface area contributed by atoms with Gasteiger partial charge in [0.25, 0.3) is 0 Å². The fourth-order valence-corrected chi connectivity index (χ4v) is 2.86. The van der Waals surface area contributed by atoms with Crippen LogP contribution in [0.2, 0.25) is 0 Å². The summed E-state index contributed by atoms with van der Waals surface area (Å²) in [5.41, 5.74) is 1.74. The molecule has 0 atom stereocenters. The van der Waals surface area contributed by atoms with Crippen LogP contribution < -0.4 is 18.9 Å². The lowest BCUT2D eigenvalue weighted by Gasteiger charge is -2.05. The van der Waals surface area contributed by atoms with E-state index in [1.807, 2.05) is 0 Å². The van der Waals surface area contributed by atoms with Crippen LogP contribution in [0.4, 0.5) is 0 Å². The lowest BCUT2D eigenvalue weighted by Crippen LogP contribution is -2.08. The van der Waals surface area contributed by atoms with E-state index in [4.69, 9.17) is 18.9 Å². The Morgan fingerprint density at radius 3 is 2.23 bits per heavy atom. The summed E-state index contributed by atoms with van der Waals surface area (Å²) in [6, 6.07) is 18.7. The summed E-state index contributed by atoms with van der Waals surface area (Å²) < 4.78 is 21.0. The molecule has 1 aliphatic heterocycles. The third kappa shape index (κ3) is 4.33. The van der Waals surface area contributed by atoms with Crippen molar-refractivity contribution in [3.63, 3.8) is 0 Å². The van der Waals surface area contributed by atoms with Gasteiger partial charge < -0.3 is 18.9 Å². The molecule has 0 amide bonds. The lowest BCUT2D eigenvalue weighted by atomic mass is 10.1. The van der Waals surface area contributed by atoms with Gasteiger partial charge in [-0.15, -0.1) is 0 Å². The topological polar surface area (TPSA) is 71.1 Å². The predicted molar refractivity (Wildman–Crippen MR) is 110 cm³/mol. The Morgan fingerprint density at radius 1 is 0.833 bits per heavy atom. The highest BCUT2D eigenvalue weighted by atomic mass is 16.7. The minimum absolute atomic E-state index is 0.115. The molecule has 0 saturated heterocycles. The van der Waals surface area contributed by atoms with Crippen molar-refractivity contribution in [1.29, 1.82) is 0 Å². The molecule has 3 aromatic carbocycles. The van der Waals surface area contributed by atoms with Crippen LogP contribution in [0, 0.1) is 0 Å². The molecule has 0 radical (unpaired) electrons. The first-order valence-corrected chi connectivity index (χ1v) is 9.21. The van der Waals surface area contributed by atoms with Crippen molar-refractivity contribution in [1.82, 2.24) is 0 Å². The van der Waals surface area contributed by atoms with Crippen LogP contribution in [-0.4, -0.2) is 25.7 Å². The van der Waals surface area contributed by atoms with Gasteiger partial charge in [-0.25, -0.2) is 4.79 Å². The Bertz CT molecular complexity index is 1100. The summed E-state index contributed by atoms with van der Waals surface area (Å²) in [5, 5.41) is 0. The van der Waals surface area contributed by atoms with E-state index in [-0.39, 0.29) is 12.6 Å². The highest BCUT2D eigenvalue weighted by molar-refractivity contribution is 6.06. The summed E-state index contributed by atoms with van der Waals surface area (Å²) in [4.78, 5) is 24.6. The molecule has 30 heavy (non-hydrogen) atoms. The van der Waals surface area contributed by atoms with Gasteiger partial charge in [0.15, 0.2) is 17.3 Å². The number of rotatable bonds is 6. The van der Waals surface area contributed by atoms with E-state index >= 15 is 0 Å². The van der Waals surface area contributed by atoms with Crippen LogP contribution in [0.1, 0.15) is 26.3 Å². The molecule has 1 heterocycles. The van der Waals surface area contributed by atoms with Crippen molar-refractivity contribution in [2.75, 3.05) is 13.9 Å². The molecule has 4 rings (SSSR count). The number of hydrogen-bond acceptors (Lipinski definition) is 6. The van der Waals surface area contributed by atoms with Crippen LogP contribution in [0.15, 0.2) is 72.8 Å². The zero-order valence-corrected chi connectivity index (χ0v) is 16.2. The van der Waals surface area contributed by atoms with Crippen LogP contribution in [-0.2, 0) is 0 Å². The number of benzene rings is 3. The molecule has 3 aromatic rings. The van der Waals surface area contributed by atoms with Crippen LogP contribution >= 0.6 is 0 Å². The molecule has 150 valence electrons. The van der Waals surface area contributed by atoms with Crippen LogP contribution in [0.25, 0.3) is 6.08 Å². The molecule has 0 N–H and O–H groups in total. The average Bonchev–Trinajstić information content (AvgIpc) is 3.26. The molecule has 6 heteroatoms. The molecule has 1 aliphatic rings. The van der Waals surface area contributed by atoms with E-state index in [2.05, 4.69) is 0 Å². The highest BCUT2D eigenvalue weighted by Gasteiger charge is 2.17. The second-order valence-electron chi connectivity index (χ2n) is 6.45. The molecule has 0 bridgehead atoms. The molecule has 0 unspecified atom stereocenters. The zero-order chi connectivity index (χ0) is 20.9. The maximum atomic E-state index is 12.3. The van der Waals surface area contributed by atoms with Gasteiger partial charge in [0.2, 0.25) is 6.79 Å².